The number of thiazole rings is 1. The molecular formula is C19H24F3N3OS. The molecule has 4 nitrogen and oxygen atoms in total. The van der Waals surface area contributed by atoms with Crippen LogP contribution in [0.1, 0.15) is 44.1 Å². The smallest absolute Gasteiger partial charge is 0.391 e. The summed E-state index contributed by atoms with van der Waals surface area (Å²) in [7, 11) is 0. The molecule has 2 unspecified atom stereocenters. The van der Waals surface area contributed by atoms with Crippen molar-refractivity contribution in [3.05, 3.63) is 23.8 Å². The van der Waals surface area contributed by atoms with E-state index in [1.54, 1.807) is 0 Å². The molecule has 1 aromatic heterocycles. The van der Waals surface area contributed by atoms with Gasteiger partial charge in [0.15, 0.2) is 5.13 Å². The molecule has 1 aliphatic carbocycles. The van der Waals surface area contributed by atoms with Gasteiger partial charge in [-0.05, 0) is 43.9 Å². The Balaban J connectivity index is 1.37. The minimum absolute atomic E-state index is 0.213. The highest BCUT2D eigenvalue weighted by Crippen LogP contribution is 2.34. The number of benzene rings is 1. The number of nitrogens with zero attached hydrogens (tertiary/aromatic N) is 2. The van der Waals surface area contributed by atoms with Crippen LogP contribution >= 0.6 is 11.3 Å². The highest BCUT2D eigenvalue weighted by Gasteiger charge is 2.32. The second kappa shape index (κ2) is 7.56. The third-order valence-corrected chi connectivity index (χ3v) is 6.70. The van der Waals surface area contributed by atoms with E-state index in [0.717, 1.165) is 62.0 Å². The van der Waals surface area contributed by atoms with E-state index in [1.807, 2.05) is 0 Å². The van der Waals surface area contributed by atoms with Crippen LogP contribution in [0.15, 0.2) is 18.2 Å². The van der Waals surface area contributed by atoms with Gasteiger partial charge in [-0.25, -0.2) is 4.98 Å². The Kier molecular flexibility index (Phi) is 5.31. The number of aliphatic hydroxyl groups excluding tert-OH is 1. The molecule has 0 bridgehead atoms. The molecule has 8 heteroatoms. The molecule has 0 radical (unpaired) electrons. The van der Waals surface area contributed by atoms with Gasteiger partial charge in [0.05, 0.1) is 21.9 Å². The summed E-state index contributed by atoms with van der Waals surface area (Å²) in [5, 5.41) is 14.3. The molecule has 0 spiro atoms. The van der Waals surface area contributed by atoms with Crippen LogP contribution in [-0.2, 0) is 6.18 Å². The maximum atomic E-state index is 12.9. The fourth-order valence-electron chi connectivity index (χ4n) is 4.23. The van der Waals surface area contributed by atoms with E-state index in [9.17, 15) is 18.3 Å². The lowest BCUT2D eigenvalue weighted by Gasteiger charge is -2.41. The largest absolute Gasteiger partial charge is 0.416 e. The molecule has 1 saturated carbocycles. The minimum Gasteiger partial charge on any atom is -0.391 e. The zero-order valence-electron chi connectivity index (χ0n) is 15.0. The molecule has 2 atom stereocenters. The number of aliphatic hydroxyl groups is 1. The highest BCUT2D eigenvalue weighted by molar-refractivity contribution is 7.22. The monoisotopic (exact) mass is 399 g/mol. The van der Waals surface area contributed by atoms with Crippen LogP contribution in [0.25, 0.3) is 10.2 Å². The molecule has 2 heterocycles. The minimum atomic E-state index is -4.35. The van der Waals surface area contributed by atoms with Crippen molar-refractivity contribution in [3.8, 4) is 0 Å². The fraction of sp³-hybridized carbons (Fsp3) is 0.632. The lowest BCUT2D eigenvalue weighted by atomic mass is 9.89. The van der Waals surface area contributed by atoms with Crippen LogP contribution in [0.5, 0.6) is 0 Å². The molecule has 2 fully saturated rings. The number of nitrogens with one attached hydrogen (secondary N) is 1. The summed E-state index contributed by atoms with van der Waals surface area (Å²) < 4.78 is 39.3. The Morgan fingerprint density at radius 1 is 1.11 bits per heavy atom. The molecule has 1 aromatic carbocycles. The van der Waals surface area contributed by atoms with Crippen molar-refractivity contribution in [2.75, 3.05) is 18.4 Å². The van der Waals surface area contributed by atoms with E-state index in [4.69, 9.17) is 0 Å². The predicted octanol–water partition coefficient (Wildman–Crippen LogP) is 4.49. The number of alkyl halides is 3. The van der Waals surface area contributed by atoms with E-state index >= 15 is 0 Å². The molecule has 1 aliphatic heterocycles. The van der Waals surface area contributed by atoms with Gasteiger partial charge >= 0.3 is 6.18 Å². The van der Waals surface area contributed by atoms with Gasteiger partial charge in [-0.2, -0.15) is 13.2 Å². The number of rotatable bonds is 3. The van der Waals surface area contributed by atoms with Gasteiger partial charge in [0.1, 0.15) is 0 Å². The lowest BCUT2D eigenvalue weighted by Crippen LogP contribution is -2.50. The van der Waals surface area contributed by atoms with Crippen LogP contribution in [0.4, 0.5) is 18.3 Å². The van der Waals surface area contributed by atoms with Crippen molar-refractivity contribution in [3.63, 3.8) is 0 Å². The SMILES string of the molecule is OC1CCCCC1N1CCC(Nc2nc3cc(C(F)(F)F)ccc3s2)CC1. The first-order chi connectivity index (χ1) is 12.9. The maximum Gasteiger partial charge on any atom is 0.416 e. The Bertz CT molecular complexity index is 786. The number of hydrogen-bond donors (Lipinski definition) is 2. The molecular weight excluding hydrogens is 375 g/mol. The quantitative estimate of drug-likeness (QED) is 0.798. The van der Waals surface area contributed by atoms with Crippen molar-refractivity contribution >= 4 is 26.7 Å². The van der Waals surface area contributed by atoms with Gasteiger partial charge < -0.3 is 10.4 Å². The lowest BCUT2D eigenvalue weighted by molar-refractivity contribution is -0.137. The second-order valence-corrected chi connectivity index (χ2v) is 8.60. The van der Waals surface area contributed by atoms with Crippen LogP contribution < -0.4 is 5.32 Å². The topological polar surface area (TPSA) is 48.4 Å². The number of likely N-dealkylation sites (tertiary alicyclic amines) is 1. The molecule has 27 heavy (non-hydrogen) atoms. The Labute approximate surface area is 160 Å². The van der Waals surface area contributed by atoms with Gasteiger partial charge in [0.2, 0.25) is 0 Å². The number of anilines is 1. The van der Waals surface area contributed by atoms with Gasteiger partial charge in [-0.1, -0.05) is 24.2 Å². The molecule has 1 saturated heterocycles. The van der Waals surface area contributed by atoms with Crippen LogP contribution in [0.2, 0.25) is 0 Å². The number of piperidine rings is 1. The second-order valence-electron chi connectivity index (χ2n) is 7.57. The number of halogens is 3. The zero-order valence-corrected chi connectivity index (χ0v) is 15.8. The van der Waals surface area contributed by atoms with E-state index in [0.29, 0.717) is 10.6 Å². The maximum absolute atomic E-state index is 12.9. The van der Waals surface area contributed by atoms with Crippen molar-refractivity contribution in [1.82, 2.24) is 9.88 Å². The summed E-state index contributed by atoms with van der Waals surface area (Å²) >= 11 is 1.40. The van der Waals surface area contributed by atoms with Crippen LogP contribution in [0.3, 0.4) is 0 Å². The van der Waals surface area contributed by atoms with E-state index in [1.165, 1.54) is 23.8 Å². The van der Waals surface area contributed by atoms with Gasteiger partial charge in [-0.3, -0.25) is 4.90 Å². The van der Waals surface area contributed by atoms with E-state index in [2.05, 4.69) is 15.2 Å². The predicted molar refractivity (Wildman–Crippen MR) is 101 cm³/mol. The zero-order chi connectivity index (χ0) is 19.0. The summed E-state index contributed by atoms with van der Waals surface area (Å²) in [6.45, 7) is 1.87. The van der Waals surface area contributed by atoms with Crippen molar-refractivity contribution in [2.45, 2.75) is 62.9 Å². The Morgan fingerprint density at radius 3 is 2.56 bits per heavy atom. The van der Waals surface area contributed by atoms with Crippen molar-refractivity contribution in [2.24, 2.45) is 0 Å². The van der Waals surface area contributed by atoms with Crippen LogP contribution in [-0.4, -0.2) is 46.3 Å². The van der Waals surface area contributed by atoms with E-state index < -0.39 is 11.7 Å². The molecule has 2 aromatic rings. The Morgan fingerprint density at radius 2 is 1.85 bits per heavy atom. The summed E-state index contributed by atoms with van der Waals surface area (Å²) in [5.74, 6) is 0. The standard InChI is InChI=1S/C19H24F3N3OS/c20-19(21,22)12-5-6-17-14(11-12)24-18(27-17)23-13-7-9-25(10-8-13)15-3-1-2-4-16(15)26/h5-6,11,13,15-16,26H,1-4,7-10H2,(H,23,24). The molecule has 4 rings (SSSR count). The van der Waals surface area contributed by atoms with E-state index in [-0.39, 0.29) is 18.2 Å². The van der Waals surface area contributed by atoms with Crippen molar-refractivity contribution in [1.29, 1.82) is 0 Å². The van der Waals surface area contributed by atoms with Gasteiger partial charge in [0, 0.05) is 25.2 Å². The first-order valence-corrected chi connectivity index (χ1v) is 10.4. The third-order valence-electron chi connectivity index (χ3n) is 5.73. The van der Waals surface area contributed by atoms with Crippen LogP contribution in [0, 0.1) is 0 Å². The summed E-state index contributed by atoms with van der Waals surface area (Å²) in [5.41, 5.74) is -0.272. The molecule has 2 aliphatic rings. The summed E-state index contributed by atoms with van der Waals surface area (Å²) in [4.78, 5) is 6.75. The number of aromatic nitrogens is 1. The molecule has 2 N–H and O–H groups in total. The average molecular weight is 399 g/mol. The fourth-order valence-corrected chi connectivity index (χ4v) is 5.16. The highest BCUT2D eigenvalue weighted by atomic mass is 32.1. The normalized spacial score (nSPS) is 25.8. The first-order valence-electron chi connectivity index (χ1n) is 9.56. The first kappa shape index (κ1) is 19.0. The van der Waals surface area contributed by atoms with Gasteiger partial charge in [0.25, 0.3) is 0 Å². The van der Waals surface area contributed by atoms with Crippen molar-refractivity contribution < 1.29 is 18.3 Å². The molecule has 0 amide bonds. The molecule has 148 valence electrons. The number of fused-ring (bicyclic) bond motifs is 1. The summed E-state index contributed by atoms with van der Waals surface area (Å²) in [6.07, 6.45) is 1.61. The third kappa shape index (κ3) is 4.22. The average Bonchev–Trinajstić information content (AvgIpc) is 3.03. The summed E-state index contributed by atoms with van der Waals surface area (Å²) in [6, 6.07) is 4.27. The van der Waals surface area contributed by atoms with Gasteiger partial charge in [-0.15, -0.1) is 0 Å². The Hall–Kier alpha value is -1.38. The number of hydrogen-bond acceptors (Lipinski definition) is 5.